The Morgan fingerprint density at radius 3 is 2.68 bits per heavy atom. The maximum absolute atomic E-state index is 12.4. The number of amides is 1. The second-order valence-corrected chi connectivity index (χ2v) is 5.89. The largest absolute Gasteiger partial charge is 0.390 e. The first-order valence-corrected chi connectivity index (χ1v) is 7.13. The van der Waals surface area contributed by atoms with Crippen molar-refractivity contribution in [3.63, 3.8) is 0 Å². The summed E-state index contributed by atoms with van der Waals surface area (Å²) in [6.45, 7) is 3.07. The van der Waals surface area contributed by atoms with E-state index in [9.17, 15) is 9.90 Å². The van der Waals surface area contributed by atoms with Crippen LogP contribution in [0.4, 0.5) is 0 Å². The van der Waals surface area contributed by atoms with Crippen LogP contribution in [0.2, 0.25) is 0 Å². The van der Waals surface area contributed by atoms with Crippen molar-refractivity contribution < 1.29 is 9.90 Å². The number of nitrogens with zero attached hydrogens (tertiary/aromatic N) is 1. The van der Waals surface area contributed by atoms with E-state index in [-0.39, 0.29) is 5.91 Å². The van der Waals surface area contributed by atoms with Crippen molar-refractivity contribution in [1.29, 1.82) is 0 Å². The van der Waals surface area contributed by atoms with E-state index < -0.39 is 11.0 Å². The van der Waals surface area contributed by atoms with Gasteiger partial charge in [-0.3, -0.25) is 4.79 Å². The molecule has 1 aliphatic heterocycles. The molecule has 2 rings (SSSR count). The fourth-order valence-electron chi connectivity index (χ4n) is 2.41. The molecule has 0 aromatic heterocycles. The highest BCUT2D eigenvalue weighted by atomic mass is 35.5. The zero-order valence-corrected chi connectivity index (χ0v) is 11.9. The summed E-state index contributed by atoms with van der Waals surface area (Å²) in [5.74, 6) is -0.0643. The molecule has 104 valence electrons. The molecule has 1 aromatic carbocycles. The average molecular weight is 282 g/mol. The normalized spacial score (nSPS) is 25.7. The van der Waals surface area contributed by atoms with Gasteiger partial charge in [-0.1, -0.05) is 30.3 Å². The lowest BCUT2D eigenvalue weighted by molar-refractivity contribution is -0.131. The van der Waals surface area contributed by atoms with Gasteiger partial charge in [-0.15, -0.1) is 11.6 Å². The maximum Gasteiger partial charge on any atom is 0.245 e. The highest BCUT2D eigenvalue weighted by molar-refractivity contribution is 6.30. The summed E-state index contributed by atoms with van der Waals surface area (Å²) in [7, 11) is 0. The van der Waals surface area contributed by atoms with E-state index in [1.807, 2.05) is 37.3 Å². The highest BCUT2D eigenvalue weighted by Gasteiger charge is 2.30. The summed E-state index contributed by atoms with van der Waals surface area (Å²) in [6.07, 6.45) is 2.16. The lowest BCUT2D eigenvalue weighted by Gasteiger charge is -2.24. The highest BCUT2D eigenvalue weighted by Crippen LogP contribution is 2.26. The van der Waals surface area contributed by atoms with Gasteiger partial charge in [0.2, 0.25) is 5.91 Å². The van der Waals surface area contributed by atoms with Gasteiger partial charge in [0.1, 0.15) is 5.38 Å². The van der Waals surface area contributed by atoms with Crippen LogP contribution < -0.4 is 0 Å². The first-order chi connectivity index (χ1) is 8.99. The van der Waals surface area contributed by atoms with Crippen LogP contribution in [-0.4, -0.2) is 34.6 Å². The summed E-state index contributed by atoms with van der Waals surface area (Å²) in [5.41, 5.74) is 0.161. The number of likely N-dealkylation sites (tertiary alicyclic amines) is 1. The number of aliphatic hydroxyl groups is 1. The molecular weight excluding hydrogens is 262 g/mol. The van der Waals surface area contributed by atoms with Crippen molar-refractivity contribution in [2.45, 2.75) is 37.2 Å². The topological polar surface area (TPSA) is 40.5 Å². The summed E-state index contributed by atoms with van der Waals surface area (Å²) in [4.78, 5) is 14.1. The fraction of sp³-hybridized carbons (Fsp3) is 0.533. The lowest BCUT2D eigenvalue weighted by atomic mass is 9.98. The van der Waals surface area contributed by atoms with Crippen LogP contribution in [0.15, 0.2) is 30.3 Å². The zero-order chi connectivity index (χ0) is 13.9. The molecular formula is C15H20ClNO2. The predicted molar refractivity (Wildman–Crippen MR) is 76.1 cm³/mol. The molecule has 1 saturated heterocycles. The minimum absolute atomic E-state index is 0.0643. The summed E-state index contributed by atoms with van der Waals surface area (Å²) in [6, 6.07) is 9.39. The van der Waals surface area contributed by atoms with E-state index in [1.54, 1.807) is 4.90 Å². The van der Waals surface area contributed by atoms with Crippen molar-refractivity contribution >= 4 is 17.5 Å². The minimum atomic E-state index is -0.663. The maximum atomic E-state index is 12.4. The van der Waals surface area contributed by atoms with Crippen LogP contribution in [0.1, 0.15) is 37.1 Å². The molecule has 19 heavy (non-hydrogen) atoms. The molecule has 1 amide bonds. The van der Waals surface area contributed by atoms with Gasteiger partial charge in [0.25, 0.3) is 0 Å². The standard InChI is InChI=1S/C15H20ClNO2/c1-15(19)8-5-10-17(11-9-15)14(18)13(16)12-6-3-2-4-7-12/h2-4,6-7,13,19H,5,8-11H2,1H3. The average Bonchev–Trinajstić information content (AvgIpc) is 2.59. The van der Waals surface area contributed by atoms with Crippen LogP contribution in [0.25, 0.3) is 0 Å². The molecule has 0 bridgehead atoms. The zero-order valence-electron chi connectivity index (χ0n) is 11.2. The van der Waals surface area contributed by atoms with Crippen molar-refractivity contribution in [2.24, 2.45) is 0 Å². The third-order valence-electron chi connectivity index (χ3n) is 3.68. The molecule has 2 unspecified atom stereocenters. The first-order valence-electron chi connectivity index (χ1n) is 6.70. The Hall–Kier alpha value is -1.06. The van der Waals surface area contributed by atoms with Gasteiger partial charge in [0, 0.05) is 13.1 Å². The van der Waals surface area contributed by atoms with E-state index in [0.717, 1.165) is 18.4 Å². The Balaban J connectivity index is 2.03. The number of carbonyl (C=O) groups is 1. The van der Waals surface area contributed by atoms with Crippen LogP contribution in [-0.2, 0) is 4.79 Å². The molecule has 1 N–H and O–H groups in total. The molecule has 0 spiro atoms. The Morgan fingerprint density at radius 1 is 1.32 bits per heavy atom. The first kappa shape index (κ1) is 14.4. The quantitative estimate of drug-likeness (QED) is 0.847. The molecule has 3 nitrogen and oxygen atoms in total. The number of hydrogen-bond acceptors (Lipinski definition) is 2. The van der Waals surface area contributed by atoms with Crippen molar-refractivity contribution in [2.75, 3.05) is 13.1 Å². The van der Waals surface area contributed by atoms with Gasteiger partial charge in [-0.05, 0) is 31.7 Å². The third kappa shape index (κ3) is 3.71. The van der Waals surface area contributed by atoms with Gasteiger partial charge >= 0.3 is 0 Å². The number of hydrogen-bond donors (Lipinski definition) is 1. The number of benzene rings is 1. The Bertz CT molecular complexity index is 433. The number of alkyl halides is 1. The third-order valence-corrected chi connectivity index (χ3v) is 4.12. The molecule has 1 aromatic rings. The van der Waals surface area contributed by atoms with Crippen LogP contribution in [0.3, 0.4) is 0 Å². The molecule has 1 heterocycles. The van der Waals surface area contributed by atoms with Gasteiger partial charge in [0.15, 0.2) is 0 Å². The van der Waals surface area contributed by atoms with E-state index >= 15 is 0 Å². The number of carbonyl (C=O) groups excluding carboxylic acids is 1. The number of halogens is 1. The number of rotatable bonds is 2. The smallest absolute Gasteiger partial charge is 0.245 e. The molecule has 0 saturated carbocycles. The summed E-state index contributed by atoms with van der Waals surface area (Å²) in [5, 5.41) is 9.40. The van der Waals surface area contributed by atoms with Crippen molar-refractivity contribution in [3.8, 4) is 0 Å². The van der Waals surface area contributed by atoms with Gasteiger partial charge in [-0.25, -0.2) is 0 Å². The minimum Gasteiger partial charge on any atom is -0.390 e. The van der Waals surface area contributed by atoms with Crippen LogP contribution >= 0.6 is 11.6 Å². The summed E-state index contributed by atoms with van der Waals surface area (Å²) < 4.78 is 0. The predicted octanol–water partition coefficient (Wildman–Crippen LogP) is 2.73. The molecule has 1 fully saturated rings. The van der Waals surface area contributed by atoms with Gasteiger partial charge in [-0.2, -0.15) is 0 Å². The molecule has 1 aliphatic rings. The fourth-order valence-corrected chi connectivity index (χ4v) is 2.69. The van der Waals surface area contributed by atoms with Gasteiger partial charge < -0.3 is 10.0 Å². The van der Waals surface area contributed by atoms with Gasteiger partial charge in [0.05, 0.1) is 5.60 Å². The molecule has 0 radical (unpaired) electrons. The van der Waals surface area contributed by atoms with Crippen molar-refractivity contribution in [3.05, 3.63) is 35.9 Å². The Labute approximate surface area is 119 Å². The second-order valence-electron chi connectivity index (χ2n) is 5.45. The molecule has 0 aliphatic carbocycles. The van der Waals surface area contributed by atoms with E-state index in [4.69, 9.17) is 11.6 Å². The van der Waals surface area contributed by atoms with E-state index in [2.05, 4.69) is 0 Å². The molecule has 2 atom stereocenters. The Morgan fingerprint density at radius 2 is 2.00 bits per heavy atom. The summed E-state index contributed by atoms with van der Waals surface area (Å²) >= 11 is 6.26. The van der Waals surface area contributed by atoms with Crippen LogP contribution in [0.5, 0.6) is 0 Å². The van der Waals surface area contributed by atoms with Crippen molar-refractivity contribution in [1.82, 2.24) is 4.90 Å². The lowest BCUT2D eigenvalue weighted by Crippen LogP contribution is -2.35. The second kappa shape index (κ2) is 5.93. The Kier molecular flexibility index (Phi) is 4.48. The molecule has 4 heteroatoms. The van der Waals surface area contributed by atoms with E-state index in [1.165, 1.54) is 0 Å². The monoisotopic (exact) mass is 281 g/mol. The van der Waals surface area contributed by atoms with E-state index in [0.29, 0.717) is 19.5 Å². The SMILES string of the molecule is CC1(O)CCCN(C(=O)C(Cl)c2ccccc2)CC1. The van der Waals surface area contributed by atoms with Crippen LogP contribution in [0, 0.1) is 0 Å².